The maximum absolute atomic E-state index is 11.7. The Bertz CT molecular complexity index is 510. The first-order chi connectivity index (χ1) is 8.75. The molecule has 0 unspecified atom stereocenters. The van der Waals surface area contributed by atoms with Crippen molar-refractivity contribution in [1.82, 2.24) is 15.3 Å². The van der Waals surface area contributed by atoms with Crippen LogP contribution in [0, 0.1) is 0 Å². The number of hydrogen-bond acceptors (Lipinski definition) is 4. The minimum absolute atomic E-state index is 0.142. The average molecular weight is 242 g/mol. The van der Waals surface area contributed by atoms with Crippen molar-refractivity contribution in [1.29, 1.82) is 0 Å². The van der Waals surface area contributed by atoms with Crippen LogP contribution in [0.1, 0.15) is 15.9 Å². The summed E-state index contributed by atoms with van der Waals surface area (Å²) in [6.45, 7) is 0.577. The zero-order valence-electron chi connectivity index (χ0n) is 9.84. The molecule has 5 heteroatoms. The second kappa shape index (κ2) is 5.77. The molecule has 0 aromatic carbocycles. The van der Waals surface area contributed by atoms with E-state index in [1.807, 2.05) is 12.1 Å². The van der Waals surface area contributed by atoms with Gasteiger partial charge in [-0.2, -0.15) is 0 Å². The van der Waals surface area contributed by atoms with Crippen LogP contribution in [-0.4, -0.2) is 22.4 Å². The van der Waals surface area contributed by atoms with Crippen LogP contribution >= 0.6 is 0 Å². The van der Waals surface area contributed by atoms with Gasteiger partial charge in [0.15, 0.2) is 0 Å². The van der Waals surface area contributed by atoms with Crippen molar-refractivity contribution in [2.45, 2.75) is 6.42 Å². The standard InChI is InChI=1S/C13H14N4O/c14-12-2-1-11(9-17-12)13(18)16-8-5-10-3-6-15-7-4-10/h1-4,6-7,9H,5,8H2,(H2,14,17)(H,16,18). The van der Waals surface area contributed by atoms with Crippen LogP contribution in [0.2, 0.25) is 0 Å². The average Bonchev–Trinajstić information content (AvgIpc) is 2.40. The number of pyridine rings is 2. The van der Waals surface area contributed by atoms with Gasteiger partial charge in [-0.3, -0.25) is 9.78 Å². The molecule has 2 aromatic heterocycles. The first kappa shape index (κ1) is 12.0. The number of carbonyl (C=O) groups is 1. The van der Waals surface area contributed by atoms with Crippen molar-refractivity contribution in [3.8, 4) is 0 Å². The Morgan fingerprint density at radius 2 is 2.00 bits per heavy atom. The highest BCUT2D eigenvalue weighted by Crippen LogP contribution is 2.01. The van der Waals surface area contributed by atoms with Crippen LogP contribution in [0.4, 0.5) is 5.82 Å². The molecule has 0 saturated heterocycles. The predicted molar refractivity (Wildman–Crippen MR) is 68.9 cm³/mol. The molecule has 0 fully saturated rings. The first-order valence-electron chi connectivity index (χ1n) is 5.64. The lowest BCUT2D eigenvalue weighted by atomic mass is 10.2. The number of amides is 1. The summed E-state index contributed by atoms with van der Waals surface area (Å²) in [6.07, 6.45) is 5.72. The minimum atomic E-state index is -0.142. The Kier molecular flexibility index (Phi) is 3.86. The van der Waals surface area contributed by atoms with E-state index in [0.29, 0.717) is 17.9 Å². The van der Waals surface area contributed by atoms with Crippen molar-refractivity contribution in [3.05, 3.63) is 54.0 Å². The summed E-state index contributed by atoms with van der Waals surface area (Å²) in [6, 6.07) is 7.12. The van der Waals surface area contributed by atoms with Crippen molar-refractivity contribution in [2.75, 3.05) is 12.3 Å². The molecular formula is C13H14N4O. The second-order valence-electron chi connectivity index (χ2n) is 3.83. The van der Waals surface area contributed by atoms with E-state index >= 15 is 0 Å². The molecule has 0 atom stereocenters. The van der Waals surface area contributed by atoms with Gasteiger partial charge in [-0.15, -0.1) is 0 Å². The summed E-state index contributed by atoms with van der Waals surface area (Å²) < 4.78 is 0. The summed E-state index contributed by atoms with van der Waals surface area (Å²) in [5, 5.41) is 2.83. The molecule has 3 N–H and O–H groups in total. The van der Waals surface area contributed by atoms with Gasteiger partial charge in [0.25, 0.3) is 5.91 Å². The number of aromatic nitrogens is 2. The summed E-state index contributed by atoms with van der Waals surface area (Å²) in [4.78, 5) is 19.6. The second-order valence-corrected chi connectivity index (χ2v) is 3.83. The van der Waals surface area contributed by atoms with Gasteiger partial charge in [-0.05, 0) is 36.2 Å². The highest BCUT2D eigenvalue weighted by molar-refractivity contribution is 5.93. The molecule has 2 rings (SSSR count). The smallest absolute Gasteiger partial charge is 0.252 e. The number of hydrogen-bond donors (Lipinski definition) is 2. The van der Waals surface area contributed by atoms with Crippen molar-refractivity contribution < 1.29 is 4.79 Å². The van der Waals surface area contributed by atoms with Crippen LogP contribution in [0.5, 0.6) is 0 Å². The third-order valence-electron chi connectivity index (χ3n) is 2.50. The topological polar surface area (TPSA) is 80.9 Å². The lowest BCUT2D eigenvalue weighted by Gasteiger charge is -2.05. The van der Waals surface area contributed by atoms with E-state index in [1.165, 1.54) is 6.20 Å². The van der Waals surface area contributed by atoms with Crippen LogP contribution in [0.15, 0.2) is 42.9 Å². The van der Waals surface area contributed by atoms with E-state index in [1.54, 1.807) is 24.5 Å². The molecule has 2 aromatic rings. The highest BCUT2D eigenvalue weighted by Gasteiger charge is 2.04. The number of anilines is 1. The van der Waals surface area contributed by atoms with E-state index in [4.69, 9.17) is 5.73 Å². The Morgan fingerprint density at radius 1 is 1.22 bits per heavy atom. The molecule has 1 amide bonds. The van der Waals surface area contributed by atoms with E-state index < -0.39 is 0 Å². The number of nitrogens with one attached hydrogen (secondary N) is 1. The van der Waals surface area contributed by atoms with Crippen molar-refractivity contribution >= 4 is 11.7 Å². The summed E-state index contributed by atoms with van der Waals surface area (Å²) in [5.74, 6) is 0.264. The van der Waals surface area contributed by atoms with E-state index in [-0.39, 0.29) is 5.91 Å². The summed E-state index contributed by atoms with van der Waals surface area (Å²) in [5.41, 5.74) is 7.11. The van der Waals surface area contributed by atoms with Crippen molar-refractivity contribution in [2.24, 2.45) is 0 Å². The quantitative estimate of drug-likeness (QED) is 0.839. The van der Waals surface area contributed by atoms with Gasteiger partial charge in [0.2, 0.25) is 0 Å². The Labute approximate surface area is 105 Å². The SMILES string of the molecule is Nc1ccc(C(=O)NCCc2ccncc2)cn1. The van der Waals surface area contributed by atoms with Crippen LogP contribution in [0.25, 0.3) is 0 Å². The monoisotopic (exact) mass is 242 g/mol. The first-order valence-corrected chi connectivity index (χ1v) is 5.64. The molecule has 92 valence electrons. The fourth-order valence-electron chi connectivity index (χ4n) is 1.51. The molecule has 18 heavy (non-hydrogen) atoms. The maximum atomic E-state index is 11.7. The summed E-state index contributed by atoms with van der Waals surface area (Å²) >= 11 is 0. The molecule has 0 saturated carbocycles. The molecule has 0 radical (unpaired) electrons. The summed E-state index contributed by atoms with van der Waals surface area (Å²) in [7, 11) is 0. The molecule has 0 bridgehead atoms. The lowest BCUT2D eigenvalue weighted by Crippen LogP contribution is -2.25. The Morgan fingerprint density at radius 3 is 2.67 bits per heavy atom. The molecule has 0 aliphatic heterocycles. The third kappa shape index (κ3) is 3.28. The molecule has 0 aliphatic rings. The zero-order chi connectivity index (χ0) is 12.8. The molecule has 2 heterocycles. The Balaban J connectivity index is 1.84. The molecule has 0 spiro atoms. The number of nitrogen functional groups attached to an aromatic ring is 1. The highest BCUT2D eigenvalue weighted by atomic mass is 16.1. The molecular weight excluding hydrogens is 228 g/mol. The van der Waals surface area contributed by atoms with Crippen LogP contribution in [0.3, 0.4) is 0 Å². The number of carbonyl (C=O) groups excluding carboxylic acids is 1. The number of nitrogens with two attached hydrogens (primary N) is 1. The van der Waals surface area contributed by atoms with E-state index in [9.17, 15) is 4.79 Å². The van der Waals surface area contributed by atoms with Crippen LogP contribution in [-0.2, 0) is 6.42 Å². The third-order valence-corrected chi connectivity index (χ3v) is 2.50. The van der Waals surface area contributed by atoms with Crippen LogP contribution < -0.4 is 11.1 Å². The largest absolute Gasteiger partial charge is 0.384 e. The van der Waals surface area contributed by atoms with E-state index in [2.05, 4.69) is 15.3 Å². The fourth-order valence-corrected chi connectivity index (χ4v) is 1.51. The predicted octanol–water partition coefficient (Wildman–Crippen LogP) is 1.03. The number of rotatable bonds is 4. The van der Waals surface area contributed by atoms with Gasteiger partial charge in [0.05, 0.1) is 5.56 Å². The molecule has 5 nitrogen and oxygen atoms in total. The van der Waals surface area contributed by atoms with Gasteiger partial charge in [0.1, 0.15) is 5.82 Å². The zero-order valence-corrected chi connectivity index (χ0v) is 9.84. The minimum Gasteiger partial charge on any atom is -0.384 e. The van der Waals surface area contributed by atoms with E-state index in [0.717, 1.165) is 12.0 Å². The normalized spacial score (nSPS) is 10.0. The van der Waals surface area contributed by atoms with Gasteiger partial charge in [0, 0.05) is 25.1 Å². The van der Waals surface area contributed by atoms with Gasteiger partial charge in [-0.1, -0.05) is 0 Å². The Hall–Kier alpha value is -2.43. The van der Waals surface area contributed by atoms with Gasteiger partial charge >= 0.3 is 0 Å². The maximum Gasteiger partial charge on any atom is 0.252 e. The fraction of sp³-hybridized carbons (Fsp3) is 0.154. The number of nitrogens with zero attached hydrogens (tertiary/aromatic N) is 2. The molecule has 0 aliphatic carbocycles. The van der Waals surface area contributed by atoms with Crippen molar-refractivity contribution in [3.63, 3.8) is 0 Å². The lowest BCUT2D eigenvalue weighted by molar-refractivity contribution is 0.0954. The van der Waals surface area contributed by atoms with Gasteiger partial charge in [-0.25, -0.2) is 4.98 Å². The van der Waals surface area contributed by atoms with Gasteiger partial charge < -0.3 is 11.1 Å².